The molecule has 0 aliphatic heterocycles. The third kappa shape index (κ3) is 3.64. The highest BCUT2D eigenvalue weighted by Gasteiger charge is 2.43. The lowest BCUT2D eigenvalue weighted by Crippen LogP contribution is -2.23. The first-order chi connectivity index (χ1) is 10.0. The number of anilines is 1. The summed E-state index contributed by atoms with van der Waals surface area (Å²) in [7, 11) is 3.16. The molecule has 1 aliphatic rings. The average Bonchev–Trinajstić information content (AvgIpc) is 3.25. The van der Waals surface area contributed by atoms with Crippen molar-refractivity contribution in [3.63, 3.8) is 0 Å². The summed E-state index contributed by atoms with van der Waals surface area (Å²) in [5, 5.41) is 15.6. The highest BCUT2D eigenvalue weighted by Crippen LogP contribution is 2.49. The largest absolute Gasteiger partial charge is 0.495 e. The first-order valence-electron chi connectivity index (χ1n) is 6.65. The maximum Gasteiger partial charge on any atom is 0.143 e. The molecule has 116 valence electrons. The molecule has 4 N–H and O–H groups in total. The molecule has 6 nitrogen and oxygen atoms in total. The minimum Gasteiger partial charge on any atom is -0.495 e. The summed E-state index contributed by atoms with van der Waals surface area (Å²) in [6.07, 6.45) is 2.66. The fourth-order valence-corrected chi connectivity index (χ4v) is 2.52. The predicted octanol–water partition coefficient (Wildman–Crippen LogP) is 2.69. The van der Waals surface area contributed by atoms with Gasteiger partial charge in [-0.2, -0.15) is 0 Å². The summed E-state index contributed by atoms with van der Waals surface area (Å²) < 4.78 is 10.5. The van der Waals surface area contributed by atoms with Crippen molar-refractivity contribution in [2.75, 3.05) is 26.1 Å². The average molecular weight is 314 g/mol. The summed E-state index contributed by atoms with van der Waals surface area (Å²) >= 11 is 6.08. The standard InChI is InChI=1S/C14H20ClN3O3/c1-20-11-6-10(12(21-2)5-9(11)15)17-8-14(3-4-14)7-13(16)18-19/h5-6,17,19H,3-4,7-8H2,1-2H3,(H2,16,18). The van der Waals surface area contributed by atoms with Crippen LogP contribution < -0.4 is 20.5 Å². The van der Waals surface area contributed by atoms with Gasteiger partial charge in [-0.15, -0.1) is 0 Å². The van der Waals surface area contributed by atoms with Crippen LogP contribution in [0, 0.1) is 5.41 Å². The lowest BCUT2D eigenvalue weighted by atomic mass is 10.0. The van der Waals surface area contributed by atoms with E-state index in [-0.39, 0.29) is 11.3 Å². The van der Waals surface area contributed by atoms with Gasteiger partial charge in [-0.25, -0.2) is 0 Å². The fraction of sp³-hybridized carbons (Fsp3) is 0.500. The Hall–Kier alpha value is -1.82. The predicted molar refractivity (Wildman–Crippen MR) is 82.7 cm³/mol. The fourth-order valence-electron chi connectivity index (χ4n) is 2.29. The molecule has 0 amide bonds. The minimum atomic E-state index is 0.0498. The molecule has 0 spiro atoms. The van der Waals surface area contributed by atoms with Crippen LogP contribution in [0.15, 0.2) is 17.3 Å². The second kappa shape index (κ2) is 6.30. The van der Waals surface area contributed by atoms with Crippen molar-refractivity contribution in [1.29, 1.82) is 0 Å². The smallest absolute Gasteiger partial charge is 0.143 e. The van der Waals surface area contributed by atoms with Crippen LogP contribution in [0.25, 0.3) is 0 Å². The van der Waals surface area contributed by atoms with E-state index in [1.165, 1.54) is 0 Å². The zero-order valence-corrected chi connectivity index (χ0v) is 12.9. The van der Waals surface area contributed by atoms with Crippen molar-refractivity contribution >= 4 is 23.1 Å². The van der Waals surface area contributed by atoms with Crippen molar-refractivity contribution in [2.45, 2.75) is 19.3 Å². The maximum atomic E-state index is 8.68. The SMILES string of the molecule is COc1cc(NCC2(CC(N)=NO)CC2)c(OC)cc1Cl. The number of amidine groups is 1. The Labute approximate surface area is 128 Å². The van der Waals surface area contributed by atoms with E-state index in [9.17, 15) is 0 Å². The lowest BCUT2D eigenvalue weighted by molar-refractivity contribution is 0.315. The summed E-state index contributed by atoms with van der Waals surface area (Å²) in [4.78, 5) is 0. The molecule has 0 aromatic heterocycles. The van der Waals surface area contributed by atoms with E-state index in [0.29, 0.717) is 29.5 Å². The molecule has 1 aromatic carbocycles. The Bertz CT molecular complexity index is 545. The van der Waals surface area contributed by atoms with Crippen LogP contribution in [0.3, 0.4) is 0 Å². The molecule has 1 aromatic rings. The van der Waals surface area contributed by atoms with E-state index in [1.807, 2.05) is 0 Å². The lowest BCUT2D eigenvalue weighted by Gasteiger charge is -2.18. The molecule has 21 heavy (non-hydrogen) atoms. The topological polar surface area (TPSA) is 89.1 Å². The second-order valence-electron chi connectivity index (χ2n) is 5.31. The summed E-state index contributed by atoms with van der Waals surface area (Å²) in [6.45, 7) is 0.713. The Morgan fingerprint density at radius 2 is 2.05 bits per heavy atom. The van der Waals surface area contributed by atoms with E-state index in [1.54, 1.807) is 26.4 Å². The van der Waals surface area contributed by atoms with Crippen molar-refractivity contribution in [1.82, 2.24) is 0 Å². The molecule has 1 saturated carbocycles. The number of hydrogen-bond acceptors (Lipinski definition) is 5. The summed E-state index contributed by atoms with van der Waals surface area (Å²) in [6, 6.07) is 3.52. The number of benzene rings is 1. The van der Waals surface area contributed by atoms with Crippen LogP contribution >= 0.6 is 11.6 Å². The number of rotatable bonds is 7. The normalized spacial score (nSPS) is 16.4. The third-order valence-corrected chi connectivity index (χ3v) is 4.06. The molecule has 2 rings (SSSR count). The van der Waals surface area contributed by atoms with Crippen LogP contribution in [-0.2, 0) is 0 Å². The maximum absolute atomic E-state index is 8.68. The molecule has 0 atom stereocenters. The third-order valence-electron chi connectivity index (χ3n) is 3.77. The monoisotopic (exact) mass is 313 g/mol. The van der Waals surface area contributed by atoms with Gasteiger partial charge in [0.15, 0.2) is 0 Å². The number of oxime groups is 1. The Morgan fingerprint density at radius 1 is 1.38 bits per heavy atom. The molecule has 0 heterocycles. The molecule has 0 unspecified atom stereocenters. The van der Waals surface area contributed by atoms with Crippen molar-refractivity contribution in [2.24, 2.45) is 16.3 Å². The number of ether oxygens (including phenoxy) is 2. The van der Waals surface area contributed by atoms with Gasteiger partial charge in [-0.3, -0.25) is 0 Å². The van der Waals surface area contributed by atoms with Crippen LogP contribution in [-0.4, -0.2) is 31.8 Å². The van der Waals surface area contributed by atoms with Gasteiger partial charge in [-0.05, 0) is 18.3 Å². The number of nitrogens with two attached hydrogens (primary N) is 1. The van der Waals surface area contributed by atoms with Crippen LogP contribution in [0.4, 0.5) is 5.69 Å². The van der Waals surface area contributed by atoms with E-state index in [0.717, 1.165) is 18.5 Å². The van der Waals surface area contributed by atoms with Gasteiger partial charge in [0.2, 0.25) is 0 Å². The van der Waals surface area contributed by atoms with Crippen LogP contribution in [0.2, 0.25) is 5.02 Å². The van der Waals surface area contributed by atoms with E-state index >= 15 is 0 Å². The zero-order chi connectivity index (χ0) is 15.5. The second-order valence-corrected chi connectivity index (χ2v) is 5.72. The van der Waals surface area contributed by atoms with Crippen molar-refractivity contribution < 1.29 is 14.7 Å². The molecule has 0 bridgehead atoms. The molecule has 7 heteroatoms. The first-order valence-corrected chi connectivity index (χ1v) is 7.03. The highest BCUT2D eigenvalue weighted by atomic mass is 35.5. The summed E-state index contributed by atoms with van der Waals surface area (Å²) in [5.41, 5.74) is 6.46. The Morgan fingerprint density at radius 3 is 2.57 bits per heavy atom. The first kappa shape index (κ1) is 15.6. The Kier molecular flexibility index (Phi) is 4.67. The molecule has 0 radical (unpaired) electrons. The number of hydrogen-bond donors (Lipinski definition) is 3. The molecule has 1 aliphatic carbocycles. The molecule has 1 fully saturated rings. The van der Waals surface area contributed by atoms with E-state index < -0.39 is 0 Å². The van der Waals surface area contributed by atoms with Crippen molar-refractivity contribution in [3.05, 3.63) is 17.2 Å². The minimum absolute atomic E-state index is 0.0498. The van der Waals surface area contributed by atoms with Gasteiger partial charge in [-0.1, -0.05) is 16.8 Å². The number of halogens is 1. The van der Waals surface area contributed by atoms with Gasteiger partial charge in [0.1, 0.15) is 17.3 Å². The number of nitrogens with zero attached hydrogens (tertiary/aromatic N) is 1. The van der Waals surface area contributed by atoms with Crippen LogP contribution in [0.1, 0.15) is 19.3 Å². The van der Waals surface area contributed by atoms with Gasteiger partial charge >= 0.3 is 0 Å². The Balaban J connectivity index is 2.09. The number of methoxy groups -OCH3 is 2. The van der Waals surface area contributed by atoms with E-state index in [4.69, 9.17) is 32.0 Å². The quantitative estimate of drug-likeness (QED) is 0.312. The zero-order valence-electron chi connectivity index (χ0n) is 12.1. The summed E-state index contributed by atoms with van der Waals surface area (Å²) in [5.74, 6) is 1.50. The van der Waals surface area contributed by atoms with E-state index in [2.05, 4.69) is 10.5 Å². The van der Waals surface area contributed by atoms with Gasteiger partial charge in [0.25, 0.3) is 0 Å². The van der Waals surface area contributed by atoms with Crippen LogP contribution in [0.5, 0.6) is 11.5 Å². The highest BCUT2D eigenvalue weighted by molar-refractivity contribution is 6.32. The number of nitrogens with one attached hydrogen (secondary N) is 1. The van der Waals surface area contributed by atoms with Gasteiger partial charge < -0.3 is 25.7 Å². The van der Waals surface area contributed by atoms with Gasteiger partial charge in [0.05, 0.1) is 24.9 Å². The molecular formula is C14H20ClN3O3. The molecular weight excluding hydrogens is 294 g/mol. The van der Waals surface area contributed by atoms with Crippen molar-refractivity contribution in [3.8, 4) is 11.5 Å². The van der Waals surface area contributed by atoms with Gasteiger partial charge in [0, 0.05) is 25.1 Å². The molecule has 0 saturated heterocycles.